The summed E-state index contributed by atoms with van der Waals surface area (Å²) in [5.41, 5.74) is 11.4. The van der Waals surface area contributed by atoms with Gasteiger partial charge in [0.15, 0.2) is 0 Å². The topological polar surface area (TPSA) is 78.3 Å². The molecule has 2 rings (SSSR count). The fourth-order valence-corrected chi connectivity index (χ4v) is 2.36. The first-order chi connectivity index (χ1) is 8.09. The van der Waals surface area contributed by atoms with Gasteiger partial charge in [-0.1, -0.05) is 17.7 Å². The fourth-order valence-electron chi connectivity index (χ4n) is 2.11. The van der Waals surface area contributed by atoms with Crippen molar-refractivity contribution in [3.05, 3.63) is 28.8 Å². The van der Waals surface area contributed by atoms with Gasteiger partial charge in [-0.25, -0.2) is 0 Å². The van der Waals surface area contributed by atoms with Crippen LogP contribution < -0.4 is 16.2 Å². The molecular weight excluding hydrogens is 240 g/mol. The first kappa shape index (κ1) is 12.2. The second-order valence-electron chi connectivity index (χ2n) is 4.23. The van der Waals surface area contributed by atoms with E-state index in [9.17, 15) is 4.79 Å². The van der Waals surface area contributed by atoms with Crippen LogP contribution in [0.1, 0.15) is 29.6 Å². The van der Waals surface area contributed by atoms with E-state index in [-0.39, 0.29) is 17.7 Å². The first-order valence-corrected chi connectivity index (χ1v) is 5.98. The maximum Gasteiger partial charge on any atom is 0.253 e. The summed E-state index contributed by atoms with van der Waals surface area (Å²) >= 11 is 5.93. The van der Waals surface area contributed by atoms with Gasteiger partial charge in [0.05, 0.1) is 10.6 Å². The second kappa shape index (κ2) is 4.94. The molecule has 0 saturated heterocycles. The third-order valence-electron chi connectivity index (χ3n) is 3.00. The summed E-state index contributed by atoms with van der Waals surface area (Å²) in [4.78, 5) is 11.3. The van der Waals surface area contributed by atoms with E-state index in [1.165, 1.54) is 0 Å². The van der Waals surface area contributed by atoms with Gasteiger partial charge in [0.2, 0.25) is 0 Å². The Bertz CT molecular complexity index is 437. The lowest BCUT2D eigenvalue weighted by molar-refractivity contribution is 0.0992. The number of carbonyl (C=O) groups is 1. The third kappa shape index (κ3) is 2.53. The van der Waals surface area contributed by atoms with E-state index in [0.717, 1.165) is 19.3 Å². The van der Waals surface area contributed by atoms with Gasteiger partial charge < -0.3 is 16.2 Å². The molecule has 1 amide bonds. The molecule has 0 aromatic heterocycles. The monoisotopic (exact) mass is 254 g/mol. The molecule has 1 aliphatic rings. The van der Waals surface area contributed by atoms with Crippen molar-refractivity contribution < 1.29 is 9.53 Å². The van der Waals surface area contributed by atoms with Gasteiger partial charge in [-0.15, -0.1) is 0 Å². The highest BCUT2D eigenvalue weighted by atomic mass is 35.5. The molecule has 0 spiro atoms. The zero-order valence-corrected chi connectivity index (χ0v) is 10.1. The minimum Gasteiger partial charge on any atom is -0.488 e. The Kier molecular flexibility index (Phi) is 3.54. The number of hydrogen-bond acceptors (Lipinski definition) is 3. The molecular formula is C12H15ClN2O2. The zero-order chi connectivity index (χ0) is 12.4. The van der Waals surface area contributed by atoms with Gasteiger partial charge in [0.25, 0.3) is 5.91 Å². The molecule has 1 fully saturated rings. The highest BCUT2D eigenvalue weighted by molar-refractivity contribution is 6.34. The Morgan fingerprint density at radius 1 is 1.41 bits per heavy atom. The lowest BCUT2D eigenvalue weighted by atomic mass is 10.1. The number of halogens is 1. The summed E-state index contributed by atoms with van der Waals surface area (Å²) in [6.45, 7) is 0. The van der Waals surface area contributed by atoms with E-state index >= 15 is 0 Å². The maximum absolute atomic E-state index is 11.3. The molecule has 4 N–H and O–H groups in total. The van der Waals surface area contributed by atoms with Crippen LogP contribution in [0.5, 0.6) is 5.75 Å². The summed E-state index contributed by atoms with van der Waals surface area (Å²) in [5, 5.41) is 0.307. The molecule has 0 heterocycles. The van der Waals surface area contributed by atoms with Crippen LogP contribution in [0.2, 0.25) is 5.02 Å². The number of primary amides is 1. The highest BCUT2D eigenvalue weighted by Gasteiger charge is 2.27. The van der Waals surface area contributed by atoms with Crippen molar-refractivity contribution in [2.24, 2.45) is 11.5 Å². The molecule has 17 heavy (non-hydrogen) atoms. The average Bonchev–Trinajstić information content (AvgIpc) is 2.64. The van der Waals surface area contributed by atoms with Crippen LogP contribution in [0.25, 0.3) is 0 Å². The molecule has 0 radical (unpaired) electrons. The smallest absolute Gasteiger partial charge is 0.253 e. The molecule has 0 bridgehead atoms. The Labute approximate surface area is 105 Å². The minimum atomic E-state index is -0.586. The maximum atomic E-state index is 11.3. The van der Waals surface area contributed by atoms with Gasteiger partial charge in [0, 0.05) is 6.04 Å². The van der Waals surface area contributed by atoms with Crippen LogP contribution in [0.15, 0.2) is 18.2 Å². The largest absolute Gasteiger partial charge is 0.488 e. The molecule has 1 aliphatic carbocycles. The lowest BCUT2D eigenvalue weighted by Gasteiger charge is -2.19. The predicted molar refractivity (Wildman–Crippen MR) is 66.2 cm³/mol. The van der Waals surface area contributed by atoms with Gasteiger partial charge >= 0.3 is 0 Å². The molecule has 2 atom stereocenters. The van der Waals surface area contributed by atoms with Crippen LogP contribution in [0.4, 0.5) is 0 Å². The average molecular weight is 255 g/mol. The van der Waals surface area contributed by atoms with Crippen molar-refractivity contribution in [3.63, 3.8) is 0 Å². The van der Waals surface area contributed by atoms with E-state index in [1.807, 2.05) is 0 Å². The Hall–Kier alpha value is -1.26. The van der Waals surface area contributed by atoms with E-state index < -0.39 is 5.91 Å². The quantitative estimate of drug-likeness (QED) is 0.862. The fraction of sp³-hybridized carbons (Fsp3) is 0.417. The van der Waals surface area contributed by atoms with Gasteiger partial charge in [-0.3, -0.25) is 4.79 Å². The summed E-state index contributed by atoms with van der Waals surface area (Å²) < 4.78 is 5.75. The predicted octanol–water partition coefficient (Wildman–Crippen LogP) is 1.70. The third-order valence-corrected chi connectivity index (χ3v) is 3.32. The van der Waals surface area contributed by atoms with Gasteiger partial charge in [0.1, 0.15) is 11.9 Å². The molecule has 1 saturated carbocycles. The SMILES string of the molecule is NC(=O)c1c(Cl)cccc1OC1CCCC1N. The number of ether oxygens (including phenoxy) is 1. The van der Waals surface area contributed by atoms with Gasteiger partial charge in [-0.05, 0) is 31.4 Å². The van der Waals surface area contributed by atoms with Crippen molar-refractivity contribution in [2.45, 2.75) is 31.4 Å². The van der Waals surface area contributed by atoms with Crippen LogP contribution in [-0.2, 0) is 0 Å². The number of amides is 1. The standard InChI is InChI=1S/C12H15ClN2O2/c13-7-3-1-6-10(11(7)12(15)16)17-9-5-2-4-8(9)14/h1,3,6,8-9H,2,4-5,14H2,(H2,15,16). The molecule has 1 aromatic rings. The first-order valence-electron chi connectivity index (χ1n) is 5.60. The molecule has 0 aliphatic heterocycles. The Morgan fingerprint density at radius 3 is 2.76 bits per heavy atom. The van der Waals surface area contributed by atoms with Crippen molar-refractivity contribution in [1.82, 2.24) is 0 Å². The molecule has 4 nitrogen and oxygen atoms in total. The van der Waals surface area contributed by atoms with E-state index in [4.69, 9.17) is 27.8 Å². The summed E-state index contributed by atoms with van der Waals surface area (Å²) in [6.07, 6.45) is 2.81. The molecule has 1 aromatic carbocycles. The van der Waals surface area contributed by atoms with Crippen molar-refractivity contribution in [2.75, 3.05) is 0 Å². The number of hydrogen-bond donors (Lipinski definition) is 2. The Balaban J connectivity index is 2.26. The normalized spacial score (nSPS) is 23.6. The lowest BCUT2D eigenvalue weighted by Crippen LogP contribution is -2.34. The summed E-state index contributed by atoms with van der Waals surface area (Å²) in [7, 11) is 0. The van der Waals surface area contributed by atoms with Crippen molar-refractivity contribution in [1.29, 1.82) is 0 Å². The molecule has 5 heteroatoms. The van der Waals surface area contributed by atoms with E-state index in [0.29, 0.717) is 10.8 Å². The number of rotatable bonds is 3. The highest BCUT2D eigenvalue weighted by Crippen LogP contribution is 2.30. The van der Waals surface area contributed by atoms with Crippen LogP contribution >= 0.6 is 11.6 Å². The Morgan fingerprint density at radius 2 is 2.18 bits per heavy atom. The zero-order valence-electron chi connectivity index (χ0n) is 9.36. The second-order valence-corrected chi connectivity index (χ2v) is 4.64. The minimum absolute atomic E-state index is 0.00899. The summed E-state index contributed by atoms with van der Waals surface area (Å²) in [6, 6.07) is 5.04. The van der Waals surface area contributed by atoms with Crippen LogP contribution in [0.3, 0.4) is 0 Å². The van der Waals surface area contributed by atoms with Crippen LogP contribution in [-0.4, -0.2) is 18.1 Å². The van der Waals surface area contributed by atoms with E-state index in [1.54, 1.807) is 18.2 Å². The van der Waals surface area contributed by atoms with E-state index in [2.05, 4.69) is 0 Å². The van der Waals surface area contributed by atoms with Crippen molar-refractivity contribution in [3.8, 4) is 5.75 Å². The number of benzene rings is 1. The van der Waals surface area contributed by atoms with Crippen LogP contribution in [0, 0.1) is 0 Å². The summed E-state index contributed by atoms with van der Waals surface area (Å²) in [5.74, 6) is -0.162. The molecule has 92 valence electrons. The van der Waals surface area contributed by atoms with Crippen molar-refractivity contribution >= 4 is 17.5 Å². The number of nitrogens with two attached hydrogens (primary N) is 2. The number of carbonyl (C=O) groups excluding carboxylic acids is 1. The molecule has 2 unspecified atom stereocenters. The van der Waals surface area contributed by atoms with Gasteiger partial charge in [-0.2, -0.15) is 0 Å².